The maximum absolute atomic E-state index is 12.9. The maximum atomic E-state index is 12.9. The third-order valence-electron chi connectivity index (χ3n) is 7.57. The van der Waals surface area contributed by atoms with Crippen molar-refractivity contribution >= 4 is 29.0 Å². The number of piperazine rings is 1. The van der Waals surface area contributed by atoms with E-state index in [1.165, 1.54) is 0 Å². The van der Waals surface area contributed by atoms with Crippen molar-refractivity contribution in [3.8, 4) is 0 Å². The zero-order valence-electron chi connectivity index (χ0n) is 22.8. The number of carbonyl (C=O) groups is 2. The normalized spacial score (nSPS) is 29.3. The van der Waals surface area contributed by atoms with Gasteiger partial charge in [0, 0.05) is 37.5 Å². The van der Waals surface area contributed by atoms with Crippen molar-refractivity contribution in [1.29, 1.82) is 0 Å². The molecule has 1 aromatic heterocycles. The highest BCUT2D eigenvalue weighted by molar-refractivity contribution is 5.80. The number of cyclic esters (lactones) is 1. The number of fused-ring (bicyclic) bond motifs is 1. The lowest BCUT2D eigenvalue weighted by molar-refractivity contribution is -0.151. The van der Waals surface area contributed by atoms with E-state index in [0.717, 1.165) is 35.1 Å². The fraction of sp³-hybridized carbons (Fsp3) is 0.552. The van der Waals surface area contributed by atoms with E-state index in [0.29, 0.717) is 25.9 Å². The Balaban J connectivity index is 1.55. The number of aromatic amines is 1. The number of likely N-dealkylation sites (N-methyl/N-ethyl adjacent to an activating group) is 1. The second kappa shape index (κ2) is 12.6. The quantitative estimate of drug-likeness (QED) is 0.462. The minimum Gasteiger partial charge on any atom is -0.457 e. The van der Waals surface area contributed by atoms with Crippen LogP contribution >= 0.6 is 0 Å². The standard InChI is InChI=1S/C29H40N4O5/c1-19-5-9-24(34)17-27(35)38-28(21(3)15-22-7-8-23-18-30-31-25(23)16-22)20(2)6-10-26(19)37-29(36)33-13-11-32(4)12-14-33/h6-8,10,15-16,18-20,24,26,28,34H,5,9,11-14,17H2,1-4H3,(H,30,31)/b10-6+,21-15+/t19-,20-,24+,26-,28-/m0/s1. The number of esters is 1. The van der Waals surface area contributed by atoms with Gasteiger partial charge in [-0.3, -0.25) is 9.89 Å². The molecule has 2 N–H and O–H groups in total. The summed E-state index contributed by atoms with van der Waals surface area (Å²) < 4.78 is 11.9. The molecule has 9 nitrogen and oxygen atoms in total. The minimum atomic E-state index is -0.814. The van der Waals surface area contributed by atoms with E-state index in [9.17, 15) is 14.7 Å². The molecule has 4 rings (SSSR count). The Morgan fingerprint density at radius 2 is 1.95 bits per heavy atom. The Hall–Kier alpha value is -3.17. The van der Waals surface area contributed by atoms with Crippen molar-refractivity contribution in [2.24, 2.45) is 11.8 Å². The van der Waals surface area contributed by atoms with Crippen LogP contribution in [0.15, 0.2) is 42.1 Å². The number of H-pyrrole nitrogens is 1. The Kier molecular flexibility index (Phi) is 9.22. The van der Waals surface area contributed by atoms with Gasteiger partial charge in [0.1, 0.15) is 12.2 Å². The first-order valence-corrected chi connectivity index (χ1v) is 13.5. The number of aliphatic hydroxyl groups is 1. The van der Waals surface area contributed by atoms with Crippen molar-refractivity contribution in [1.82, 2.24) is 20.0 Å². The van der Waals surface area contributed by atoms with Crippen molar-refractivity contribution in [3.63, 3.8) is 0 Å². The van der Waals surface area contributed by atoms with E-state index in [1.54, 1.807) is 11.1 Å². The predicted molar refractivity (Wildman–Crippen MR) is 146 cm³/mol. The number of nitrogens with one attached hydrogen (secondary N) is 1. The summed E-state index contributed by atoms with van der Waals surface area (Å²) >= 11 is 0. The smallest absolute Gasteiger partial charge is 0.410 e. The van der Waals surface area contributed by atoms with Gasteiger partial charge in [0.15, 0.2) is 0 Å². The van der Waals surface area contributed by atoms with E-state index in [4.69, 9.17) is 9.47 Å². The molecule has 0 spiro atoms. The van der Waals surface area contributed by atoms with E-state index >= 15 is 0 Å². The van der Waals surface area contributed by atoms with Crippen LogP contribution < -0.4 is 0 Å². The first kappa shape index (κ1) is 27.9. The molecule has 9 heteroatoms. The number of carbonyl (C=O) groups excluding carboxylic acids is 2. The molecule has 0 bridgehead atoms. The molecule has 2 aliphatic rings. The van der Waals surface area contributed by atoms with Gasteiger partial charge < -0.3 is 24.4 Å². The Labute approximate surface area is 224 Å². The summed E-state index contributed by atoms with van der Waals surface area (Å²) in [5, 5.41) is 18.6. The molecule has 3 heterocycles. The summed E-state index contributed by atoms with van der Waals surface area (Å²) in [4.78, 5) is 29.6. The van der Waals surface area contributed by atoms with Crippen LogP contribution in [0.1, 0.15) is 45.6 Å². The highest BCUT2D eigenvalue weighted by Gasteiger charge is 2.29. The molecule has 1 fully saturated rings. The van der Waals surface area contributed by atoms with Gasteiger partial charge in [-0.1, -0.05) is 38.1 Å². The first-order chi connectivity index (χ1) is 18.2. The molecular formula is C29H40N4O5. The van der Waals surface area contributed by atoms with E-state index in [1.807, 2.05) is 64.2 Å². The van der Waals surface area contributed by atoms with Gasteiger partial charge in [0.2, 0.25) is 0 Å². The largest absolute Gasteiger partial charge is 0.457 e. The number of benzene rings is 1. The summed E-state index contributed by atoms with van der Waals surface area (Å²) in [6.45, 7) is 8.86. The highest BCUT2D eigenvalue weighted by Crippen LogP contribution is 2.26. The lowest BCUT2D eigenvalue weighted by Gasteiger charge is -2.33. The monoisotopic (exact) mass is 524 g/mol. The predicted octanol–water partition coefficient (Wildman–Crippen LogP) is 4.00. The number of hydrogen-bond donors (Lipinski definition) is 2. The van der Waals surface area contributed by atoms with Crippen molar-refractivity contribution < 1.29 is 24.2 Å². The number of nitrogens with zero attached hydrogens (tertiary/aromatic N) is 3. The van der Waals surface area contributed by atoms with Crippen LogP contribution in [0.2, 0.25) is 0 Å². The van der Waals surface area contributed by atoms with Crippen LogP contribution in [0.3, 0.4) is 0 Å². The molecule has 1 aromatic carbocycles. The average Bonchev–Trinajstić information content (AvgIpc) is 3.35. The first-order valence-electron chi connectivity index (χ1n) is 13.5. The molecular weight excluding hydrogens is 484 g/mol. The van der Waals surface area contributed by atoms with Gasteiger partial charge in [-0.25, -0.2) is 4.79 Å². The van der Waals surface area contributed by atoms with Crippen molar-refractivity contribution in [2.45, 2.75) is 58.3 Å². The molecule has 0 radical (unpaired) electrons. The topological polar surface area (TPSA) is 108 Å². The third-order valence-corrected chi connectivity index (χ3v) is 7.57. The van der Waals surface area contributed by atoms with E-state index < -0.39 is 24.3 Å². The summed E-state index contributed by atoms with van der Waals surface area (Å²) in [5.41, 5.74) is 2.77. The molecule has 1 saturated heterocycles. The Morgan fingerprint density at radius 1 is 1.18 bits per heavy atom. The molecule has 2 aliphatic heterocycles. The highest BCUT2D eigenvalue weighted by atomic mass is 16.6. The van der Waals surface area contributed by atoms with Gasteiger partial charge >= 0.3 is 12.1 Å². The molecule has 0 saturated carbocycles. The fourth-order valence-electron chi connectivity index (χ4n) is 5.02. The van der Waals surface area contributed by atoms with Crippen LogP contribution in [-0.4, -0.2) is 88.7 Å². The number of aromatic nitrogens is 2. The minimum absolute atomic E-state index is 0.0174. The van der Waals surface area contributed by atoms with Gasteiger partial charge in [-0.15, -0.1) is 0 Å². The maximum Gasteiger partial charge on any atom is 0.410 e. The summed E-state index contributed by atoms with van der Waals surface area (Å²) in [6.07, 6.45) is 6.53. The number of amides is 1. The van der Waals surface area contributed by atoms with Crippen LogP contribution in [0.5, 0.6) is 0 Å². The number of rotatable bonds is 3. The molecule has 38 heavy (non-hydrogen) atoms. The zero-order chi connectivity index (χ0) is 27.2. The second-order valence-electron chi connectivity index (χ2n) is 10.8. The van der Waals surface area contributed by atoms with Crippen LogP contribution in [-0.2, 0) is 14.3 Å². The summed E-state index contributed by atoms with van der Waals surface area (Å²) in [6, 6.07) is 5.99. The van der Waals surface area contributed by atoms with E-state index in [2.05, 4.69) is 15.1 Å². The SMILES string of the molecule is C/C(=C\c1ccc2cn[nH]c2c1)[C@H]1OC(=O)C[C@H](O)CC[C@H](C)[C@@H](OC(=O)N2CCN(C)CC2)/C=C/[C@@H]1C. The summed E-state index contributed by atoms with van der Waals surface area (Å²) in [7, 11) is 2.04. The van der Waals surface area contributed by atoms with Gasteiger partial charge in [0.05, 0.1) is 24.2 Å². The molecule has 0 unspecified atom stereocenters. The molecule has 0 aliphatic carbocycles. The van der Waals surface area contributed by atoms with Crippen LogP contribution in [0.25, 0.3) is 17.0 Å². The summed E-state index contributed by atoms with van der Waals surface area (Å²) in [5.74, 6) is -0.623. The number of aliphatic hydroxyl groups excluding tert-OH is 1. The van der Waals surface area contributed by atoms with Gasteiger partial charge in [-0.2, -0.15) is 5.10 Å². The average molecular weight is 525 g/mol. The fourth-order valence-corrected chi connectivity index (χ4v) is 5.02. The van der Waals surface area contributed by atoms with Crippen LogP contribution in [0, 0.1) is 11.8 Å². The lowest BCUT2D eigenvalue weighted by atomic mass is 9.91. The number of hydrogen-bond acceptors (Lipinski definition) is 7. The van der Waals surface area contributed by atoms with Gasteiger partial charge in [0.25, 0.3) is 0 Å². The lowest BCUT2D eigenvalue weighted by Crippen LogP contribution is -2.48. The number of ether oxygens (including phenoxy) is 2. The molecule has 1 amide bonds. The molecule has 206 valence electrons. The van der Waals surface area contributed by atoms with Gasteiger partial charge in [-0.05, 0) is 56.0 Å². The Bertz CT molecular complexity index is 1170. The van der Waals surface area contributed by atoms with Crippen LogP contribution in [0.4, 0.5) is 4.79 Å². The van der Waals surface area contributed by atoms with Crippen molar-refractivity contribution in [2.75, 3.05) is 33.2 Å². The third kappa shape index (κ3) is 7.23. The second-order valence-corrected chi connectivity index (χ2v) is 10.8. The zero-order valence-corrected chi connectivity index (χ0v) is 22.8. The van der Waals surface area contributed by atoms with Crippen molar-refractivity contribution in [3.05, 3.63) is 47.7 Å². The van der Waals surface area contributed by atoms with E-state index in [-0.39, 0.29) is 24.3 Å². The molecule has 2 aromatic rings. The molecule has 5 atom stereocenters. The Morgan fingerprint density at radius 3 is 2.71 bits per heavy atom.